The first-order valence-electron chi connectivity index (χ1n) is 6.12. The van der Waals surface area contributed by atoms with E-state index in [-0.39, 0.29) is 23.9 Å². The lowest BCUT2D eigenvalue weighted by molar-refractivity contribution is 0.0689. The number of aromatic carboxylic acids is 1. The third-order valence-electron chi connectivity index (χ3n) is 2.62. The first-order valence-corrected chi connectivity index (χ1v) is 6.12. The van der Waals surface area contributed by atoms with Crippen molar-refractivity contribution in [2.75, 3.05) is 19.0 Å². The molecule has 2 rings (SSSR count). The minimum Gasteiger partial charge on any atom is -0.486 e. The van der Waals surface area contributed by atoms with Gasteiger partial charge >= 0.3 is 5.97 Å². The number of nitrogens with zero attached hydrogens (tertiary/aromatic N) is 3. The van der Waals surface area contributed by atoms with Gasteiger partial charge in [-0.3, -0.25) is 0 Å². The molecule has 0 atom stereocenters. The molecule has 1 aromatic heterocycles. The van der Waals surface area contributed by atoms with E-state index in [0.29, 0.717) is 11.6 Å². The maximum atomic E-state index is 12.8. The van der Waals surface area contributed by atoms with E-state index in [4.69, 9.17) is 9.84 Å². The summed E-state index contributed by atoms with van der Waals surface area (Å²) in [5.74, 6) is -0.333. The lowest BCUT2D eigenvalue weighted by Crippen LogP contribution is -2.16. The molecule has 1 heterocycles. The molecule has 0 spiro atoms. The van der Waals surface area contributed by atoms with Gasteiger partial charge in [0.1, 0.15) is 24.0 Å². The average molecular weight is 291 g/mol. The predicted octanol–water partition coefficient (Wildman–Crippen LogP) is 1.96. The van der Waals surface area contributed by atoms with Crippen molar-refractivity contribution in [3.8, 4) is 5.75 Å². The number of anilines is 1. The predicted molar refractivity (Wildman–Crippen MR) is 74.1 cm³/mol. The van der Waals surface area contributed by atoms with Gasteiger partial charge in [0.2, 0.25) is 0 Å². The Morgan fingerprint density at radius 1 is 1.29 bits per heavy atom. The summed E-state index contributed by atoms with van der Waals surface area (Å²) in [6.07, 6.45) is 0. The highest BCUT2D eigenvalue weighted by Crippen LogP contribution is 2.14. The number of benzene rings is 1. The van der Waals surface area contributed by atoms with Gasteiger partial charge in [0.25, 0.3) is 0 Å². The fraction of sp³-hybridized carbons (Fsp3) is 0.214. The van der Waals surface area contributed by atoms with Gasteiger partial charge in [-0.05, 0) is 24.3 Å². The molecule has 110 valence electrons. The van der Waals surface area contributed by atoms with Crippen LogP contribution in [0.3, 0.4) is 0 Å². The minimum absolute atomic E-state index is 0.00636. The minimum atomic E-state index is -1.14. The number of aromatic nitrogens is 2. The molecular formula is C14H14FN3O3. The Bertz CT molecular complexity index is 644. The van der Waals surface area contributed by atoms with Crippen LogP contribution in [0.15, 0.2) is 30.3 Å². The largest absolute Gasteiger partial charge is 0.486 e. The number of ether oxygens (including phenoxy) is 1. The smallest absolute Gasteiger partial charge is 0.354 e. The van der Waals surface area contributed by atoms with E-state index in [1.807, 2.05) is 0 Å². The number of rotatable bonds is 5. The highest BCUT2D eigenvalue weighted by atomic mass is 19.1. The van der Waals surface area contributed by atoms with Crippen LogP contribution in [0.4, 0.5) is 10.2 Å². The molecule has 0 radical (unpaired) electrons. The van der Waals surface area contributed by atoms with Crippen molar-refractivity contribution in [1.29, 1.82) is 0 Å². The molecule has 0 aliphatic carbocycles. The fourth-order valence-corrected chi connectivity index (χ4v) is 1.57. The molecule has 0 aliphatic heterocycles. The Morgan fingerprint density at radius 3 is 2.52 bits per heavy atom. The third kappa shape index (κ3) is 3.88. The second-order valence-corrected chi connectivity index (χ2v) is 4.47. The van der Waals surface area contributed by atoms with Crippen molar-refractivity contribution in [2.24, 2.45) is 0 Å². The Balaban J connectivity index is 2.18. The van der Waals surface area contributed by atoms with Gasteiger partial charge in [-0.1, -0.05) is 0 Å². The number of carboxylic acid groups (broad SMARTS) is 1. The summed E-state index contributed by atoms with van der Waals surface area (Å²) < 4.78 is 18.2. The van der Waals surface area contributed by atoms with Crippen LogP contribution in [-0.2, 0) is 6.61 Å². The highest BCUT2D eigenvalue weighted by molar-refractivity contribution is 5.86. The van der Waals surface area contributed by atoms with Gasteiger partial charge in [0, 0.05) is 20.2 Å². The first kappa shape index (κ1) is 14.7. The fourth-order valence-electron chi connectivity index (χ4n) is 1.57. The molecule has 0 fully saturated rings. The van der Waals surface area contributed by atoms with E-state index >= 15 is 0 Å². The van der Waals surface area contributed by atoms with E-state index in [1.165, 1.54) is 30.3 Å². The number of hydrogen-bond acceptors (Lipinski definition) is 5. The molecule has 0 aliphatic rings. The number of hydrogen-bond donors (Lipinski definition) is 1. The van der Waals surface area contributed by atoms with Crippen molar-refractivity contribution in [2.45, 2.75) is 6.61 Å². The van der Waals surface area contributed by atoms with E-state index in [9.17, 15) is 9.18 Å². The first-order chi connectivity index (χ1) is 9.95. The van der Waals surface area contributed by atoms with Crippen LogP contribution >= 0.6 is 0 Å². The summed E-state index contributed by atoms with van der Waals surface area (Å²) in [5.41, 5.74) is -0.105. The summed E-state index contributed by atoms with van der Waals surface area (Å²) in [5, 5.41) is 9.04. The lowest BCUT2D eigenvalue weighted by atomic mass is 10.3. The number of carbonyl (C=O) groups is 1. The van der Waals surface area contributed by atoms with Gasteiger partial charge < -0.3 is 14.7 Å². The van der Waals surface area contributed by atoms with Gasteiger partial charge in [-0.15, -0.1) is 0 Å². The van der Waals surface area contributed by atoms with Crippen LogP contribution in [0.25, 0.3) is 0 Å². The topological polar surface area (TPSA) is 75.6 Å². The normalized spacial score (nSPS) is 10.2. The SMILES string of the molecule is CN(C)c1cc(C(=O)O)nc(COc2ccc(F)cc2)n1. The van der Waals surface area contributed by atoms with E-state index < -0.39 is 5.97 Å². The average Bonchev–Trinajstić information content (AvgIpc) is 2.46. The van der Waals surface area contributed by atoms with Gasteiger partial charge in [-0.2, -0.15) is 0 Å². The summed E-state index contributed by atoms with van der Waals surface area (Å²) >= 11 is 0. The van der Waals surface area contributed by atoms with E-state index in [1.54, 1.807) is 19.0 Å². The lowest BCUT2D eigenvalue weighted by Gasteiger charge is -2.13. The molecule has 0 unspecified atom stereocenters. The molecule has 0 bridgehead atoms. The van der Waals surface area contributed by atoms with Gasteiger partial charge in [0.05, 0.1) is 0 Å². The Kier molecular flexibility index (Phi) is 4.32. The summed E-state index contributed by atoms with van der Waals surface area (Å²) in [6, 6.07) is 6.88. The monoisotopic (exact) mass is 291 g/mol. The zero-order valence-electron chi connectivity index (χ0n) is 11.6. The third-order valence-corrected chi connectivity index (χ3v) is 2.62. The Labute approximate surface area is 120 Å². The maximum Gasteiger partial charge on any atom is 0.354 e. The summed E-state index contributed by atoms with van der Waals surface area (Å²) in [7, 11) is 3.50. The zero-order valence-corrected chi connectivity index (χ0v) is 11.6. The summed E-state index contributed by atoms with van der Waals surface area (Å²) in [6.45, 7) is -0.00636. The van der Waals surface area contributed by atoms with Crippen molar-refractivity contribution >= 4 is 11.8 Å². The molecule has 2 aromatic rings. The molecule has 6 nitrogen and oxygen atoms in total. The second-order valence-electron chi connectivity index (χ2n) is 4.47. The maximum absolute atomic E-state index is 12.8. The Hall–Kier alpha value is -2.70. The van der Waals surface area contributed by atoms with Crippen LogP contribution in [0.5, 0.6) is 5.75 Å². The van der Waals surface area contributed by atoms with Crippen LogP contribution in [0, 0.1) is 5.82 Å². The molecule has 7 heteroatoms. The molecule has 0 saturated carbocycles. The molecular weight excluding hydrogens is 277 g/mol. The number of halogens is 1. The highest BCUT2D eigenvalue weighted by Gasteiger charge is 2.12. The van der Waals surface area contributed by atoms with E-state index in [0.717, 1.165) is 0 Å². The number of carboxylic acids is 1. The van der Waals surface area contributed by atoms with Gasteiger partial charge in [-0.25, -0.2) is 19.2 Å². The molecule has 0 amide bonds. The van der Waals surface area contributed by atoms with Crippen molar-refractivity contribution in [3.63, 3.8) is 0 Å². The quantitative estimate of drug-likeness (QED) is 0.907. The van der Waals surface area contributed by atoms with Crippen molar-refractivity contribution in [1.82, 2.24) is 9.97 Å². The molecule has 0 saturated heterocycles. The van der Waals surface area contributed by atoms with Gasteiger partial charge in [0.15, 0.2) is 11.5 Å². The Morgan fingerprint density at radius 2 is 1.95 bits per heavy atom. The standard InChI is InChI=1S/C14H14FN3O3/c1-18(2)13-7-11(14(19)20)16-12(17-13)8-21-10-5-3-9(15)4-6-10/h3-7H,8H2,1-2H3,(H,19,20). The molecule has 21 heavy (non-hydrogen) atoms. The summed E-state index contributed by atoms with van der Waals surface area (Å²) in [4.78, 5) is 20.8. The van der Waals surface area contributed by atoms with Crippen LogP contribution in [0.2, 0.25) is 0 Å². The van der Waals surface area contributed by atoms with Crippen LogP contribution in [0.1, 0.15) is 16.3 Å². The zero-order chi connectivity index (χ0) is 15.4. The second kappa shape index (κ2) is 6.17. The van der Waals surface area contributed by atoms with E-state index in [2.05, 4.69) is 9.97 Å². The van der Waals surface area contributed by atoms with Crippen LogP contribution in [-0.4, -0.2) is 35.1 Å². The van der Waals surface area contributed by atoms with Crippen LogP contribution < -0.4 is 9.64 Å². The van der Waals surface area contributed by atoms with Crippen molar-refractivity contribution < 1.29 is 19.0 Å². The molecule has 1 aromatic carbocycles. The van der Waals surface area contributed by atoms with Crippen molar-refractivity contribution in [3.05, 3.63) is 47.7 Å². The molecule has 1 N–H and O–H groups in total.